The molecule has 0 bridgehead atoms. The second-order valence-electron chi connectivity index (χ2n) is 4.52. The van der Waals surface area contributed by atoms with Gasteiger partial charge in [0.05, 0.1) is 12.5 Å². The Morgan fingerprint density at radius 3 is 3.00 bits per heavy atom. The maximum Gasteiger partial charge on any atom is 0.317 e. The van der Waals surface area contributed by atoms with Gasteiger partial charge in [0.15, 0.2) is 5.82 Å². The number of carbonyl (C=O) groups is 2. The molecule has 0 spiro atoms. The lowest BCUT2D eigenvalue weighted by Gasteiger charge is -2.30. The van der Waals surface area contributed by atoms with Gasteiger partial charge in [-0.2, -0.15) is 4.98 Å². The Kier molecular flexibility index (Phi) is 3.98. The minimum Gasteiger partial charge on any atom is -0.481 e. The summed E-state index contributed by atoms with van der Waals surface area (Å²) in [7, 11) is 0. The smallest absolute Gasteiger partial charge is 0.317 e. The fraction of sp³-hybridized carbons (Fsp3) is 0.636. The number of nitrogens with zero attached hydrogens (tertiary/aromatic N) is 3. The summed E-state index contributed by atoms with van der Waals surface area (Å²) in [6.07, 6.45) is 1.31. The molecule has 2 rings (SSSR count). The summed E-state index contributed by atoms with van der Waals surface area (Å²) in [6.45, 7) is 2.65. The highest BCUT2D eigenvalue weighted by Crippen LogP contribution is 2.16. The van der Waals surface area contributed by atoms with E-state index in [1.807, 2.05) is 0 Å². The van der Waals surface area contributed by atoms with E-state index in [4.69, 9.17) is 9.63 Å². The lowest BCUT2D eigenvalue weighted by molar-refractivity contribution is -0.143. The van der Waals surface area contributed by atoms with Crippen molar-refractivity contribution in [1.29, 1.82) is 0 Å². The molecule has 1 aromatic rings. The van der Waals surface area contributed by atoms with Gasteiger partial charge in [0.2, 0.25) is 5.89 Å². The molecule has 1 aliphatic heterocycles. The Morgan fingerprint density at radius 2 is 2.37 bits per heavy atom. The van der Waals surface area contributed by atoms with E-state index in [0.717, 1.165) is 0 Å². The third-order valence-corrected chi connectivity index (χ3v) is 3.02. The van der Waals surface area contributed by atoms with Gasteiger partial charge >= 0.3 is 12.0 Å². The molecule has 1 aromatic heterocycles. The van der Waals surface area contributed by atoms with Crippen LogP contribution in [0, 0.1) is 12.8 Å². The summed E-state index contributed by atoms with van der Waals surface area (Å²) in [5.74, 6) is -0.499. The minimum absolute atomic E-state index is 0.147. The summed E-state index contributed by atoms with van der Waals surface area (Å²) in [5, 5.41) is 15.2. The number of hydrogen-bond donors (Lipinski definition) is 2. The van der Waals surface area contributed by atoms with Crippen molar-refractivity contribution >= 4 is 12.0 Å². The Balaban J connectivity index is 1.84. The van der Waals surface area contributed by atoms with Gasteiger partial charge in [0, 0.05) is 13.1 Å². The molecule has 1 saturated heterocycles. The summed E-state index contributed by atoms with van der Waals surface area (Å²) in [5.41, 5.74) is 0. The summed E-state index contributed by atoms with van der Waals surface area (Å²) in [6, 6.07) is -0.304. The van der Waals surface area contributed by atoms with Crippen molar-refractivity contribution in [2.45, 2.75) is 26.3 Å². The number of likely N-dealkylation sites (tertiary alicyclic amines) is 1. The van der Waals surface area contributed by atoms with Crippen molar-refractivity contribution in [1.82, 2.24) is 20.4 Å². The average Bonchev–Trinajstić information content (AvgIpc) is 2.82. The van der Waals surface area contributed by atoms with E-state index >= 15 is 0 Å². The maximum absolute atomic E-state index is 11.9. The quantitative estimate of drug-likeness (QED) is 0.820. The van der Waals surface area contributed by atoms with Crippen LogP contribution in [0.1, 0.15) is 24.6 Å². The molecule has 2 N–H and O–H groups in total. The Morgan fingerprint density at radius 1 is 1.58 bits per heavy atom. The number of rotatable bonds is 3. The largest absolute Gasteiger partial charge is 0.481 e. The molecule has 104 valence electrons. The zero-order valence-corrected chi connectivity index (χ0v) is 10.6. The number of urea groups is 1. The first-order valence-electron chi connectivity index (χ1n) is 6.11. The Labute approximate surface area is 109 Å². The van der Waals surface area contributed by atoms with Gasteiger partial charge in [-0.15, -0.1) is 0 Å². The van der Waals surface area contributed by atoms with Crippen LogP contribution in [0.4, 0.5) is 4.79 Å². The summed E-state index contributed by atoms with van der Waals surface area (Å²) < 4.78 is 4.87. The molecule has 0 unspecified atom stereocenters. The number of hydrogen-bond acceptors (Lipinski definition) is 5. The highest BCUT2D eigenvalue weighted by atomic mass is 16.5. The van der Waals surface area contributed by atoms with Gasteiger partial charge in [-0.3, -0.25) is 4.79 Å². The van der Waals surface area contributed by atoms with Crippen molar-refractivity contribution in [3.63, 3.8) is 0 Å². The predicted octanol–water partition coefficient (Wildman–Crippen LogP) is 0.384. The normalized spacial score (nSPS) is 19.2. The molecule has 0 saturated carbocycles. The molecule has 0 radical (unpaired) electrons. The molecule has 1 atom stereocenters. The van der Waals surface area contributed by atoms with Crippen molar-refractivity contribution in [2.24, 2.45) is 5.92 Å². The number of nitrogens with one attached hydrogen (secondary N) is 1. The molecule has 1 aliphatic rings. The molecule has 19 heavy (non-hydrogen) atoms. The van der Waals surface area contributed by atoms with Crippen LogP contribution in [0.15, 0.2) is 4.52 Å². The van der Waals surface area contributed by atoms with Crippen LogP contribution < -0.4 is 5.32 Å². The molecular weight excluding hydrogens is 252 g/mol. The van der Waals surface area contributed by atoms with E-state index in [-0.39, 0.29) is 19.1 Å². The summed E-state index contributed by atoms with van der Waals surface area (Å²) >= 11 is 0. The van der Waals surface area contributed by atoms with Crippen molar-refractivity contribution in [3.8, 4) is 0 Å². The summed E-state index contributed by atoms with van der Waals surface area (Å²) in [4.78, 5) is 28.3. The van der Waals surface area contributed by atoms with Gasteiger partial charge in [0.25, 0.3) is 0 Å². The second-order valence-corrected chi connectivity index (χ2v) is 4.52. The number of carboxylic acids is 1. The SMILES string of the molecule is Cc1noc(CNC(=O)N2CCC[C@H](C(=O)O)C2)n1. The highest BCUT2D eigenvalue weighted by molar-refractivity contribution is 5.76. The van der Waals surface area contributed by atoms with Crippen LogP contribution in [0.5, 0.6) is 0 Å². The maximum atomic E-state index is 11.9. The lowest BCUT2D eigenvalue weighted by atomic mass is 9.99. The fourth-order valence-electron chi connectivity index (χ4n) is 2.04. The van der Waals surface area contributed by atoms with Crippen molar-refractivity contribution in [2.75, 3.05) is 13.1 Å². The van der Waals surface area contributed by atoms with Crippen LogP contribution in [-0.2, 0) is 11.3 Å². The molecule has 0 aliphatic carbocycles. The standard InChI is InChI=1S/C11H16N4O4/c1-7-13-9(19-14-7)5-12-11(18)15-4-2-3-8(6-15)10(16)17/h8H,2-6H2,1H3,(H,12,18)(H,16,17)/t8-/m0/s1. The van der Waals surface area contributed by atoms with E-state index in [2.05, 4.69) is 15.5 Å². The van der Waals surface area contributed by atoms with E-state index in [9.17, 15) is 9.59 Å². The highest BCUT2D eigenvalue weighted by Gasteiger charge is 2.28. The van der Waals surface area contributed by atoms with Crippen molar-refractivity contribution in [3.05, 3.63) is 11.7 Å². The van der Waals surface area contributed by atoms with Crippen molar-refractivity contribution < 1.29 is 19.2 Å². The van der Waals surface area contributed by atoms with Crippen LogP contribution in [0.25, 0.3) is 0 Å². The number of aryl methyl sites for hydroxylation is 1. The first-order chi connectivity index (χ1) is 9.06. The average molecular weight is 268 g/mol. The molecule has 2 amide bonds. The Bertz CT molecular complexity index is 473. The Hall–Kier alpha value is -2.12. The van der Waals surface area contributed by atoms with Gasteiger partial charge in [-0.25, -0.2) is 4.79 Å². The number of aromatic nitrogens is 2. The van der Waals surface area contributed by atoms with E-state index in [0.29, 0.717) is 31.1 Å². The molecule has 8 heteroatoms. The number of carbonyl (C=O) groups excluding carboxylic acids is 1. The lowest BCUT2D eigenvalue weighted by Crippen LogP contribution is -2.46. The van der Waals surface area contributed by atoms with Crippen LogP contribution in [-0.4, -0.2) is 45.2 Å². The van der Waals surface area contributed by atoms with Gasteiger partial charge in [-0.1, -0.05) is 5.16 Å². The minimum atomic E-state index is -0.856. The van der Waals surface area contributed by atoms with Gasteiger partial charge in [-0.05, 0) is 19.8 Å². The van der Waals surface area contributed by atoms with Gasteiger partial charge < -0.3 is 19.8 Å². The zero-order chi connectivity index (χ0) is 13.8. The second kappa shape index (κ2) is 5.68. The third-order valence-electron chi connectivity index (χ3n) is 3.02. The number of carboxylic acid groups (broad SMARTS) is 1. The molecule has 0 aromatic carbocycles. The van der Waals surface area contributed by atoms with Crippen LogP contribution >= 0.6 is 0 Å². The first kappa shape index (κ1) is 13.3. The molecule has 1 fully saturated rings. The molecule has 8 nitrogen and oxygen atoms in total. The number of piperidine rings is 1. The van der Waals surface area contributed by atoms with Crippen LogP contribution in [0.3, 0.4) is 0 Å². The fourth-order valence-corrected chi connectivity index (χ4v) is 2.04. The number of amides is 2. The molecular formula is C11H16N4O4. The first-order valence-corrected chi connectivity index (χ1v) is 6.11. The third kappa shape index (κ3) is 3.43. The van der Waals surface area contributed by atoms with Crippen LogP contribution in [0.2, 0.25) is 0 Å². The molecule has 2 heterocycles. The van der Waals surface area contributed by atoms with Gasteiger partial charge in [0.1, 0.15) is 0 Å². The van der Waals surface area contributed by atoms with E-state index in [1.165, 1.54) is 4.90 Å². The zero-order valence-electron chi connectivity index (χ0n) is 10.6. The monoisotopic (exact) mass is 268 g/mol. The van der Waals surface area contributed by atoms with E-state index in [1.54, 1.807) is 6.92 Å². The topological polar surface area (TPSA) is 109 Å². The number of aliphatic carboxylic acids is 1. The van der Waals surface area contributed by atoms with E-state index < -0.39 is 11.9 Å². The predicted molar refractivity (Wildman–Crippen MR) is 63.2 cm³/mol.